The van der Waals surface area contributed by atoms with Crippen LogP contribution in [0.3, 0.4) is 0 Å². The van der Waals surface area contributed by atoms with E-state index in [1.54, 1.807) is 12.1 Å². The molecule has 4 heterocycles. The largest absolute Gasteiger partial charge is 0.481 e. The van der Waals surface area contributed by atoms with Gasteiger partial charge >= 0.3 is 11.9 Å². The summed E-state index contributed by atoms with van der Waals surface area (Å²) in [4.78, 5) is 40.9. The molecule has 14 nitrogen and oxygen atoms in total. The number of aromatic nitrogens is 6. The number of rotatable bonds is 19. The number of esters is 1. The van der Waals surface area contributed by atoms with Gasteiger partial charge in [0.05, 0.1) is 68.8 Å². The van der Waals surface area contributed by atoms with Crippen molar-refractivity contribution in [2.24, 2.45) is 0 Å². The van der Waals surface area contributed by atoms with Crippen LogP contribution >= 0.6 is 0 Å². The van der Waals surface area contributed by atoms with Crippen LogP contribution in [0.1, 0.15) is 94.0 Å². The van der Waals surface area contributed by atoms with Gasteiger partial charge in [-0.1, -0.05) is 45.4 Å². The van der Waals surface area contributed by atoms with Gasteiger partial charge in [0.15, 0.2) is 0 Å². The molecule has 2 unspecified atom stereocenters. The number of carboxylic acids is 1. The topological polar surface area (TPSA) is 197 Å². The molecule has 0 aliphatic rings. The zero-order valence-electron chi connectivity index (χ0n) is 47.8. The number of hydrogen-bond acceptors (Lipinski definition) is 9. The van der Waals surface area contributed by atoms with Gasteiger partial charge in [-0.05, 0) is 167 Å². The number of ether oxygens (including phenoxy) is 3. The normalized spacial score (nSPS) is 13.7. The number of hydrogen-bond donors (Lipinski definition) is 3. The van der Waals surface area contributed by atoms with Gasteiger partial charge in [0.1, 0.15) is 25.1 Å². The molecule has 0 spiro atoms. The van der Waals surface area contributed by atoms with Crippen LogP contribution in [0, 0.1) is 64.2 Å². The van der Waals surface area contributed by atoms with Crippen LogP contribution in [-0.2, 0) is 48.1 Å². The van der Waals surface area contributed by atoms with Gasteiger partial charge in [0, 0.05) is 70.5 Å². The molecule has 0 saturated carbocycles. The van der Waals surface area contributed by atoms with Gasteiger partial charge in [0.2, 0.25) is 0 Å². The van der Waals surface area contributed by atoms with Crippen molar-refractivity contribution in [2.75, 3.05) is 20.3 Å². The Hall–Kier alpha value is -7.09. The first-order chi connectivity index (χ1) is 36.3. The van der Waals surface area contributed by atoms with Crippen molar-refractivity contribution in [3.05, 3.63) is 140 Å². The van der Waals surface area contributed by atoms with E-state index in [9.17, 15) is 25.2 Å². The van der Waals surface area contributed by atoms with Crippen LogP contribution in [0.4, 0.5) is 0 Å². The molecule has 0 amide bonds. The maximum Gasteiger partial charge on any atom is 0.330 e. The number of carbonyl (C=O) groups is 2. The summed E-state index contributed by atoms with van der Waals surface area (Å²) in [5.74, 6) is 0.157. The summed E-state index contributed by atoms with van der Waals surface area (Å²) in [7, 11) is -1.14. The Morgan fingerprint density at radius 3 is 2.01 bits per heavy atom. The molecule has 8 aromatic rings. The van der Waals surface area contributed by atoms with Crippen LogP contribution in [0.2, 0.25) is 51.4 Å². The van der Waals surface area contributed by atoms with Crippen molar-refractivity contribution >= 4 is 72.0 Å². The summed E-state index contributed by atoms with van der Waals surface area (Å²) in [6.45, 7) is 33.2. The highest BCUT2D eigenvalue weighted by atomic mass is 28.3. The average Bonchev–Trinajstić information content (AvgIpc) is 4.31. The average molecular weight is 1070 g/mol. The fourth-order valence-electron chi connectivity index (χ4n) is 10.6. The van der Waals surface area contributed by atoms with Crippen LogP contribution in [0.15, 0.2) is 73.1 Å². The lowest BCUT2D eigenvalue weighted by Gasteiger charge is -2.31. The Morgan fingerprint density at radius 1 is 0.753 bits per heavy atom. The Kier molecular flexibility index (Phi) is 17.1. The van der Waals surface area contributed by atoms with Gasteiger partial charge in [-0.2, -0.15) is 10.5 Å². The molecule has 0 aliphatic heterocycles. The predicted octanol–water partition coefficient (Wildman–Crippen LogP) is 13.5. The zero-order chi connectivity index (χ0) is 56.4. The molecule has 3 N–H and O–H groups in total. The van der Waals surface area contributed by atoms with Crippen molar-refractivity contribution in [3.63, 3.8) is 0 Å². The Labute approximate surface area is 455 Å². The number of aromatic amines is 2. The zero-order valence-corrected chi connectivity index (χ0v) is 49.8. The number of allylic oxidation sites excluding steroid dienone is 1. The molecule has 8 rings (SSSR count). The lowest BCUT2D eigenvalue weighted by molar-refractivity contribution is -0.137. The SMILES string of the molecule is COC(=O)C=CC(C)(c1c(C)c(C)c(C)c2c1ccn2COCC[Si](C)(C)C)c1nc2cc(C#N)ccc2n1COCC[Si](C)(C)C.Cc1c(C)c(C)c2[nH]ccc2c1C(C)(CCC(=O)O)c1nc2ccc(C#N)cc2[nH]1. The van der Waals surface area contributed by atoms with Gasteiger partial charge < -0.3 is 38.4 Å². The molecule has 77 heavy (non-hydrogen) atoms. The molecule has 4 aromatic carbocycles. The van der Waals surface area contributed by atoms with Crippen LogP contribution < -0.4 is 0 Å². The van der Waals surface area contributed by atoms with E-state index in [1.165, 1.54) is 35.4 Å². The van der Waals surface area contributed by atoms with Crippen LogP contribution in [0.25, 0.3) is 43.9 Å². The minimum absolute atomic E-state index is 0.0231. The molecular formula is C61H76N8O6Si2. The van der Waals surface area contributed by atoms with Gasteiger partial charge in [0.25, 0.3) is 0 Å². The lowest BCUT2D eigenvalue weighted by atomic mass is 9.73. The summed E-state index contributed by atoms with van der Waals surface area (Å²) in [5.41, 5.74) is 14.0. The predicted molar refractivity (Wildman–Crippen MR) is 313 cm³/mol. The minimum Gasteiger partial charge on any atom is -0.481 e. The molecule has 404 valence electrons. The smallest absolute Gasteiger partial charge is 0.330 e. The number of carboxylic acid groups (broad SMARTS) is 1. The fourth-order valence-corrected chi connectivity index (χ4v) is 12.1. The number of aryl methyl sites for hydroxylation is 2. The number of imidazole rings is 2. The number of nitrogens with zero attached hydrogens (tertiary/aromatic N) is 6. The highest BCUT2D eigenvalue weighted by Gasteiger charge is 2.39. The third-order valence-corrected chi connectivity index (χ3v) is 19.0. The molecule has 0 radical (unpaired) electrons. The van der Waals surface area contributed by atoms with E-state index in [2.05, 4.69) is 144 Å². The first kappa shape index (κ1) is 57.6. The number of H-pyrrole nitrogens is 2. The van der Waals surface area contributed by atoms with Crippen LogP contribution in [-0.4, -0.2) is 82.6 Å². The first-order valence-electron chi connectivity index (χ1n) is 26.4. The maximum atomic E-state index is 12.6. The summed E-state index contributed by atoms with van der Waals surface area (Å²) < 4.78 is 21.9. The van der Waals surface area contributed by atoms with Crippen molar-refractivity contribution in [1.82, 2.24) is 29.1 Å². The molecule has 0 aliphatic carbocycles. The fraction of sp³-hybridized carbons (Fsp3) is 0.410. The van der Waals surface area contributed by atoms with E-state index >= 15 is 0 Å². The number of carbonyl (C=O) groups excluding carboxylic acids is 1. The molecule has 4 aromatic heterocycles. The van der Waals surface area contributed by atoms with E-state index in [-0.39, 0.29) is 6.42 Å². The Morgan fingerprint density at radius 2 is 1.38 bits per heavy atom. The number of benzene rings is 4. The van der Waals surface area contributed by atoms with Crippen LogP contribution in [0.5, 0.6) is 0 Å². The third-order valence-electron chi connectivity index (χ3n) is 15.6. The number of fused-ring (bicyclic) bond motifs is 4. The number of methoxy groups -OCH3 is 1. The number of nitrogens with one attached hydrogen (secondary N) is 2. The summed E-state index contributed by atoms with van der Waals surface area (Å²) in [5, 5.41) is 30.5. The number of aliphatic carboxylic acids is 1. The highest BCUT2D eigenvalue weighted by molar-refractivity contribution is 6.76. The maximum absolute atomic E-state index is 12.6. The number of nitriles is 2. The van der Waals surface area contributed by atoms with E-state index in [1.807, 2.05) is 36.5 Å². The van der Waals surface area contributed by atoms with Gasteiger partial charge in [-0.25, -0.2) is 14.8 Å². The lowest BCUT2D eigenvalue weighted by Crippen LogP contribution is -2.29. The van der Waals surface area contributed by atoms with E-state index in [4.69, 9.17) is 24.2 Å². The second kappa shape index (κ2) is 22.9. The standard InChI is InChI=1S/C37H52N4O4Si2.C24H24N4O2/c1-26-27(2)34(30-15-17-40(35(30)28(26)3)24-44-18-20-46(6,7)8)37(4,16-14-33(42)43-5)36-39-31-22-29(23-38)12-13-32(31)41(36)25-45-19-21-47(9,10)11;1-13-14(2)21(17-8-10-26-22(17)15(13)3)24(4,9-7-20(29)30)23-27-18-6-5-16(12-25)11-19(18)28-23/h12-17,22H,18-21,24-25H2,1-11H3;5-6,8,10-11,26H,7,9H2,1-4H3,(H,27,28)(H,29,30). The second-order valence-corrected chi connectivity index (χ2v) is 34.6. The molecule has 0 saturated heterocycles. The second-order valence-electron chi connectivity index (χ2n) is 23.4. The quantitative estimate of drug-likeness (QED) is 0.0303. The summed E-state index contributed by atoms with van der Waals surface area (Å²) in [6, 6.07) is 21.7. The van der Waals surface area contributed by atoms with Crippen molar-refractivity contribution in [3.8, 4) is 12.1 Å². The molecule has 0 fully saturated rings. The van der Waals surface area contributed by atoms with Crippen molar-refractivity contribution in [1.29, 1.82) is 10.5 Å². The highest BCUT2D eigenvalue weighted by Crippen LogP contribution is 2.45. The summed E-state index contributed by atoms with van der Waals surface area (Å²) >= 11 is 0. The molecular weight excluding hydrogens is 997 g/mol. The van der Waals surface area contributed by atoms with Gasteiger partial charge in [-0.3, -0.25) is 4.79 Å². The van der Waals surface area contributed by atoms with E-state index < -0.39 is 38.9 Å². The van der Waals surface area contributed by atoms with E-state index in [0.717, 1.165) is 85.1 Å². The molecule has 16 heteroatoms. The van der Waals surface area contributed by atoms with Gasteiger partial charge in [-0.15, -0.1) is 0 Å². The Balaban J connectivity index is 0.000000246. The molecule has 2 atom stereocenters. The summed E-state index contributed by atoms with van der Waals surface area (Å²) in [6.07, 6.45) is 7.85. The molecule has 0 bridgehead atoms. The minimum atomic E-state index is -1.31. The van der Waals surface area contributed by atoms with Crippen molar-refractivity contribution in [2.45, 2.75) is 144 Å². The van der Waals surface area contributed by atoms with Crippen molar-refractivity contribution < 1.29 is 28.9 Å². The first-order valence-corrected chi connectivity index (χ1v) is 33.8. The van der Waals surface area contributed by atoms with E-state index in [0.29, 0.717) is 49.0 Å². The monoisotopic (exact) mass is 1070 g/mol. The Bertz CT molecular complexity index is 3650. The third kappa shape index (κ3) is 12.1.